The zero-order chi connectivity index (χ0) is 9.34. The Kier molecular flexibility index (Phi) is 1.33. The van der Waals surface area contributed by atoms with E-state index in [0.717, 1.165) is 23.7 Å². The second kappa shape index (κ2) is 2.32. The third-order valence-corrected chi connectivity index (χ3v) is 6.99. The predicted molar refractivity (Wildman–Crippen MR) is 56.8 cm³/mol. The molecule has 0 aromatic carbocycles. The highest BCUT2D eigenvalue weighted by molar-refractivity contribution is 8.09. The van der Waals surface area contributed by atoms with Crippen molar-refractivity contribution in [3.05, 3.63) is 0 Å². The van der Waals surface area contributed by atoms with Gasteiger partial charge >= 0.3 is 0 Å². The molecule has 1 unspecified atom stereocenters. The van der Waals surface area contributed by atoms with Gasteiger partial charge < -0.3 is 0 Å². The minimum atomic E-state index is 0.373. The first-order valence-corrected chi connectivity index (χ1v) is 6.78. The maximum Gasteiger partial charge on any atom is 0.107 e. The van der Waals surface area contributed by atoms with Gasteiger partial charge in [0, 0.05) is 4.75 Å². The van der Waals surface area contributed by atoms with Crippen LogP contribution in [0.15, 0.2) is 0 Å². The van der Waals surface area contributed by atoms with Crippen molar-refractivity contribution in [2.45, 2.75) is 42.1 Å². The van der Waals surface area contributed by atoms with Crippen LogP contribution in [-0.2, 0) is 0 Å². The van der Waals surface area contributed by atoms with E-state index in [4.69, 9.17) is 5.26 Å². The van der Waals surface area contributed by atoms with Crippen LogP contribution < -0.4 is 0 Å². The summed E-state index contributed by atoms with van der Waals surface area (Å²) in [5.41, 5.74) is 0. The fourth-order valence-electron chi connectivity index (χ4n) is 4.84. The molecular weight excluding hydrogens is 190 g/mol. The normalized spacial score (nSPS) is 62.9. The first-order valence-electron chi connectivity index (χ1n) is 5.90. The molecule has 5 rings (SSSR count). The van der Waals surface area contributed by atoms with Crippen LogP contribution in [0.3, 0.4) is 0 Å². The van der Waals surface area contributed by atoms with Crippen LogP contribution in [0.4, 0.5) is 0 Å². The van der Waals surface area contributed by atoms with Gasteiger partial charge in [-0.2, -0.15) is 5.26 Å². The lowest BCUT2D eigenvalue weighted by Gasteiger charge is -2.54. The smallest absolute Gasteiger partial charge is 0.107 e. The summed E-state index contributed by atoms with van der Waals surface area (Å²) in [6.07, 6.45) is 7.34. The maximum absolute atomic E-state index is 9.08. The second-order valence-electron chi connectivity index (χ2n) is 5.78. The number of nitriles is 1. The molecular formula is C12H15NS. The molecule has 0 radical (unpaired) electrons. The molecule has 14 heavy (non-hydrogen) atoms. The lowest BCUT2D eigenvalue weighted by molar-refractivity contribution is -0.000966. The lowest BCUT2D eigenvalue weighted by Crippen LogP contribution is -2.51. The Hall–Kier alpha value is -0.160. The van der Waals surface area contributed by atoms with Gasteiger partial charge in [-0.05, 0) is 55.8 Å². The van der Waals surface area contributed by atoms with E-state index in [1.807, 2.05) is 11.8 Å². The van der Waals surface area contributed by atoms with E-state index in [9.17, 15) is 0 Å². The summed E-state index contributed by atoms with van der Waals surface area (Å²) < 4.78 is 0.474. The Morgan fingerprint density at radius 3 is 2.00 bits per heavy atom. The van der Waals surface area contributed by atoms with Crippen molar-refractivity contribution in [3.63, 3.8) is 0 Å². The molecule has 4 saturated carbocycles. The molecule has 2 heteroatoms. The molecule has 4 aliphatic carbocycles. The third kappa shape index (κ3) is 0.758. The van der Waals surface area contributed by atoms with E-state index in [1.54, 1.807) is 0 Å². The standard InChI is InChI=1S/C12H15NS/c13-6-11-12(14-11)9-2-7-1-8(4-9)5-10(12)3-7/h7-11H,1-5H2. The molecule has 1 saturated heterocycles. The van der Waals surface area contributed by atoms with Gasteiger partial charge in [0.2, 0.25) is 0 Å². The van der Waals surface area contributed by atoms with E-state index in [1.165, 1.54) is 32.1 Å². The van der Waals surface area contributed by atoms with Crippen LogP contribution in [0.1, 0.15) is 32.1 Å². The van der Waals surface area contributed by atoms with Crippen LogP contribution in [0.2, 0.25) is 0 Å². The van der Waals surface area contributed by atoms with Gasteiger partial charge in [0.05, 0.1) is 6.07 Å². The largest absolute Gasteiger partial charge is 0.197 e. The minimum absolute atomic E-state index is 0.373. The van der Waals surface area contributed by atoms with Gasteiger partial charge in [-0.1, -0.05) is 0 Å². The fraction of sp³-hybridized carbons (Fsp3) is 0.917. The monoisotopic (exact) mass is 205 g/mol. The molecule has 0 amide bonds. The average molecular weight is 205 g/mol. The number of rotatable bonds is 0. The van der Waals surface area contributed by atoms with Crippen LogP contribution in [-0.4, -0.2) is 10.00 Å². The predicted octanol–water partition coefficient (Wildman–Crippen LogP) is 2.82. The molecule has 1 atom stereocenters. The summed E-state index contributed by atoms with van der Waals surface area (Å²) >= 11 is 2.01. The highest BCUT2D eigenvalue weighted by atomic mass is 32.2. The molecule has 1 aliphatic heterocycles. The molecule has 74 valence electrons. The number of nitrogens with zero attached hydrogens (tertiary/aromatic N) is 1. The number of hydrogen-bond donors (Lipinski definition) is 0. The van der Waals surface area contributed by atoms with Crippen molar-refractivity contribution in [1.29, 1.82) is 5.26 Å². The third-order valence-electron chi connectivity index (χ3n) is 5.21. The van der Waals surface area contributed by atoms with E-state index >= 15 is 0 Å². The molecule has 5 fully saturated rings. The first kappa shape index (κ1) is 8.05. The van der Waals surface area contributed by atoms with Crippen molar-refractivity contribution in [2.24, 2.45) is 23.7 Å². The Labute approximate surface area is 89.2 Å². The second-order valence-corrected chi connectivity index (χ2v) is 7.20. The summed E-state index contributed by atoms with van der Waals surface area (Å²) in [7, 11) is 0. The van der Waals surface area contributed by atoms with Crippen molar-refractivity contribution in [3.8, 4) is 6.07 Å². The Morgan fingerprint density at radius 2 is 1.57 bits per heavy atom. The Balaban J connectivity index is 1.73. The van der Waals surface area contributed by atoms with Gasteiger partial charge in [0.25, 0.3) is 0 Å². The van der Waals surface area contributed by atoms with Crippen LogP contribution in [0.25, 0.3) is 0 Å². The van der Waals surface area contributed by atoms with Crippen LogP contribution in [0, 0.1) is 35.0 Å². The molecule has 1 heterocycles. The summed E-state index contributed by atoms with van der Waals surface area (Å²) in [4.78, 5) is 0. The molecule has 0 N–H and O–H groups in total. The first-order chi connectivity index (χ1) is 6.83. The highest BCUT2D eigenvalue weighted by Gasteiger charge is 2.70. The summed E-state index contributed by atoms with van der Waals surface area (Å²) in [5, 5.41) is 9.46. The van der Waals surface area contributed by atoms with Crippen molar-refractivity contribution in [1.82, 2.24) is 0 Å². The van der Waals surface area contributed by atoms with Gasteiger partial charge in [-0.3, -0.25) is 0 Å². The topological polar surface area (TPSA) is 23.8 Å². The quantitative estimate of drug-likeness (QED) is 0.568. The average Bonchev–Trinajstić information content (AvgIpc) is 2.89. The number of thioether (sulfide) groups is 1. The minimum Gasteiger partial charge on any atom is -0.197 e. The van der Waals surface area contributed by atoms with E-state index in [-0.39, 0.29) is 0 Å². The van der Waals surface area contributed by atoms with Gasteiger partial charge in [-0.15, -0.1) is 11.8 Å². The SMILES string of the molecule is N#CC1SC12C1CC3CC(C1)CC2C3. The molecule has 5 aliphatic rings. The van der Waals surface area contributed by atoms with Crippen molar-refractivity contribution < 1.29 is 0 Å². The van der Waals surface area contributed by atoms with Crippen molar-refractivity contribution >= 4 is 11.8 Å². The van der Waals surface area contributed by atoms with Gasteiger partial charge in [0.1, 0.15) is 5.25 Å². The van der Waals surface area contributed by atoms with Crippen molar-refractivity contribution in [2.75, 3.05) is 0 Å². The summed E-state index contributed by atoms with van der Waals surface area (Å²) in [6.45, 7) is 0. The van der Waals surface area contributed by atoms with Gasteiger partial charge in [-0.25, -0.2) is 0 Å². The van der Waals surface area contributed by atoms with E-state index in [0.29, 0.717) is 10.00 Å². The zero-order valence-corrected chi connectivity index (χ0v) is 9.09. The molecule has 0 aromatic rings. The zero-order valence-electron chi connectivity index (χ0n) is 8.28. The maximum atomic E-state index is 9.08. The molecule has 1 spiro atoms. The van der Waals surface area contributed by atoms with Gasteiger partial charge in [0.15, 0.2) is 0 Å². The van der Waals surface area contributed by atoms with Crippen LogP contribution in [0.5, 0.6) is 0 Å². The van der Waals surface area contributed by atoms with Crippen LogP contribution >= 0.6 is 11.8 Å². The molecule has 4 bridgehead atoms. The number of hydrogen-bond acceptors (Lipinski definition) is 2. The Bertz CT molecular complexity index is 302. The fourth-order valence-corrected chi connectivity index (χ4v) is 6.44. The lowest BCUT2D eigenvalue weighted by atomic mass is 9.51. The Morgan fingerprint density at radius 1 is 1.00 bits per heavy atom. The summed E-state index contributed by atoms with van der Waals surface area (Å²) in [6, 6.07) is 2.52. The summed E-state index contributed by atoms with van der Waals surface area (Å²) in [5.74, 6) is 3.94. The molecule has 1 nitrogen and oxygen atoms in total. The molecule has 0 aromatic heterocycles. The highest BCUT2D eigenvalue weighted by Crippen LogP contribution is 2.73. The van der Waals surface area contributed by atoms with E-state index in [2.05, 4.69) is 6.07 Å². The van der Waals surface area contributed by atoms with E-state index < -0.39 is 0 Å².